The third kappa shape index (κ3) is 4.85. The van der Waals surface area contributed by atoms with Crippen molar-refractivity contribution in [1.82, 2.24) is 9.78 Å². The molecule has 4 aromatic rings. The smallest absolute Gasteiger partial charge is 0.872 e. The van der Waals surface area contributed by atoms with E-state index in [4.69, 9.17) is 0 Å². The van der Waals surface area contributed by atoms with E-state index in [1.165, 1.54) is 0 Å². The minimum absolute atomic E-state index is 0. The van der Waals surface area contributed by atoms with Gasteiger partial charge in [-0.3, -0.25) is 0 Å². The number of anilines is 1. The summed E-state index contributed by atoms with van der Waals surface area (Å²) < 4.78 is 2.99. The van der Waals surface area contributed by atoms with Gasteiger partial charge in [-0.2, -0.15) is 5.10 Å². The van der Waals surface area contributed by atoms with E-state index in [0.717, 1.165) is 44.9 Å². The quantitative estimate of drug-likeness (QED) is 0.284. The fourth-order valence-electron chi connectivity index (χ4n) is 3.74. The first kappa shape index (κ1) is 23.9. The second-order valence-corrected chi connectivity index (χ2v) is 8.15. The molecule has 0 saturated heterocycles. The Morgan fingerprint density at radius 2 is 1.55 bits per heavy atom. The Balaban J connectivity index is 0.00000272. The van der Waals surface area contributed by atoms with Crippen molar-refractivity contribution in [1.29, 1.82) is 0 Å². The summed E-state index contributed by atoms with van der Waals surface area (Å²) in [5.41, 5.74) is 5.38. The molecule has 0 aliphatic carbocycles. The van der Waals surface area contributed by atoms with E-state index in [0.29, 0.717) is 5.56 Å². The normalized spacial score (nSPS) is 10.5. The summed E-state index contributed by atoms with van der Waals surface area (Å²) in [6, 6.07) is 23.8. The Kier molecular flexibility index (Phi) is 8.22. The fourth-order valence-corrected chi connectivity index (χ4v) is 4.42. The number of halogens is 1. The van der Waals surface area contributed by atoms with E-state index in [-0.39, 0.29) is 35.3 Å². The summed E-state index contributed by atoms with van der Waals surface area (Å²) in [5, 5.41) is 17.9. The van der Waals surface area contributed by atoms with Gasteiger partial charge in [-0.05, 0) is 77.9 Å². The molecule has 0 fully saturated rings. The Labute approximate surface area is 219 Å². The first-order chi connectivity index (χ1) is 14.6. The Morgan fingerprint density at radius 1 is 0.871 bits per heavy atom. The molecule has 152 valence electrons. The van der Waals surface area contributed by atoms with Crippen molar-refractivity contribution in [3.05, 3.63) is 82.6 Å². The number of para-hydroxylation sites is 1. The van der Waals surface area contributed by atoms with Gasteiger partial charge in [0.1, 0.15) is 0 Å². The zero-order valence-corrected chi connectivity index (χ0v) is 22.2. The van der Waals surface area contributed by atoms with Gasteiger partial charge in [0.15, 0.2) is 0 Å². The van der Waals surface area contributed by atoms with Crippen LogP contribution < -0.4 is 39.6 Å². The van der Waals surface area contributed by atoms with Crippen molar-refractivity contribution in [2.24, 2.45) is 0 Å². The average molecular weight is 531 g/mol. The molecule has 0 amide bonds. The van der Waals surface area contributed by atoms with Crippen molar-refractivity contribution < 1.29 is 34.7 Å². The number of rotatable bonds is 6. The van der Waals surface area contributed by atoms with E-state index in [9.17, 15) is 5.11 Å². The topological polar surface area (TPSA) is 44.1 Å². The van der Waals surface area contributed by atoms with Gasteiger partial charge >= 0.3 is 29.6 Å². The second-order valence-electron chi connectivity index (χ2n) is 6.99. The summed E-state index contributed by atoms with van der Waals surface area (Å²) in [5.74, 6) is 0.00395. The van der Waals surface area contributed by atoms with Crippen LogP contribution in [0.25, 0.3) is 28.1 Å². The van der Waals surface area contributed by atoms with Crippen LogP contribution in [0.1, 0.15) is 13.8 Å². The first-order valence-corrected chi connectivity index (χ1v) is 11.2. The predicted octanol–water partition coefficient (Wildman–Crippen LogP) is 2.73. The van der Waals surface area contributed by atoms with Crippen LogP contribution in [0.5, 0.6) is 5.75 Å². The number of nitrogens with zero attached hydrogens (tertiary/aromatic N) is 3. The van der Waals surface area contributed by atoms with Crippen LogP contribution in [0.4, 0.5) is 5.69 Å². The Morgan fingerprint density at radius 3 is 2.19 bits per heavy atom. The maximum atomic E-state index is 13.3. The molecule has 4 rings (SSSR count). The average Bonchev–Trinajstić information content (AvgIpc) is 3.20. The molecule has 0 atom stereocenters. The number of hydrogen-bond donors (Lipinski definition) is 0. The van der Waals surface area contributed by atoms with E-state index >= 15 is 0 Å². The Bertz CT molecular complexity index is 1160. The maximum Gasteiger partial charge on any atom is 1.00 e. The molecule has 0 bridgehead atoms. The van der Waals surface area contributed by atoms with Crippen molar-refractivity contribution in [2.45, 2.75) is 13.8 Å². The van der Waals surface area contributed by atoms with E-state index < -0.39 is 0 Å². The summed E-state index contributed by atoms with van der Waals surface area (Å²) in [6.45, 7) is 5.93. The van der Waals surface area contributed by atoms with E-state index in [2.05, 4.69) is 58.6 Å². The molecule has 0 unspecified atom stereocenters. The molecule has 0 saturated carbocycles. The molecular weight excluding hydrogens is 508 g/mol. The molecule has 1 heterocycles. The zero-order valence-electron chi connectivity index (χ0n) is 18.0. The van der Waals surface area contributed by atoms with Gasteiger partial charge in [0.2, 0.25) is 0 Å². The molecule has 31 heavy (non-hydrogen) atoms. The molecule has 6 heteroatoms. The third-order valence-electron chi connectivity index (χ3n) is 5.28. The van der Waals surface area contributed by atoms with Crippen molar-refractivity contribution in [3.8, 4) is 33.8 Å². The minimum atomic E-state index is 0. The first-order valence-electron chi connectivity index (χ1n) is 10.1. The van der Waals surface area contributed by atoms with Crippen LogP contribution in [0.15, 0.2) is 79.0 Å². The minimum Gasteiger partial charge on any atom is -0.872 e. The van der Waals surface area contributed by atoms with Crippen LogP contribution >= 0.6 is 22.6 Å². The van der Waals surface area contributed by atoms with Crippen LogP contribution in [-0.2, 0) is 0 Å². The molecule has 0 aliphatic rings. The molecule has 0 N–H and O–H groups in total. The number of aromatic nitrogens is 2. The summed E-state index contributed by atoms with van der Waals surface area (Å²) >= 11 is 2.33. The van der Waals surface area contributed by atoms with Gasteiger partial charge in [-0.25, -0.2) is 4.68 Å². The number of benzene rings is 3. The van der Waals surface area contributed by atoms with Gasteiger partial charge in [0.05, 0.1) is 17.6 Å². The molecular formula is C25H23IN3NaO. The second kappa shape index (κ2) is 10.7. The van der Waals surface area contributed by atoms with Gasteiger partial charge in [-0.15, -0.1) is 0 Å². The van der Waals surface area contributed by atoms with Crippen LogP contribution in [0.2, 0.25) is 0 Å². The monoisotopic (exact) mass is 531 g/mol. The van der Waals surface area contributed by atoms with Gasteiger partial charge < -0.3 is 10.0 Å². The van der Waals surface area contributed by atoms with Crippen LogP contribution in [-0.4, -0.2) is 22.9 Å². The van der Waals surface area contributed by atoms with Gasteiger partial charge in [-0.1, -0.05) is 48.2 Å². The van der Waals surface area contributed by atoms with E-state index in [1.54, 1.807) is 6.07 Å². The van der Waals surface area contributed by atoms with Gasteiger partial charge in [0, 0.05) is 27.9 Å². The summed E-state index contributed by atoms with van der Waals surface area (Å²) in [7, 11) is 0. The maximum absolute atomic E-state index is 13.3. The molecule has 1 aromatic heterocycles. The van der Waals surface area contributed by atoms with Crippen molar-refractivity contribution in [3.63, 3.8) is 0 Å². The molecule has 0 radical (unpaired) electrons. The van der Waals surface area contributed by atoms with Crippen LogP contribution in [0, 0.1) is 3.57 Å². The largest absolute Gasteiger partial charge is 1.00 e. The summed E-state index contributed by atoms with van der Waals surface area (Å²) in [6.07, 6.45) is 1.86. The zero-order chi connectivity index (χ0) is 21.1. The Hall–Kier alpha value is -1.80. The van der Waals surface area contributed by atoms with Crippen molar-refractivity contribution >= 4 is 28.3 Å². The third-order valence-corrected chi connectivity index (χ3v) is 6.22. The van der Waals surface area contributed by atoms with Gasteiger partial charge in [0.25, 0.3) is 0 Å². The molecule has 3 aromatic carbocycles. The molecule has 0 spiro atoms. The van der Waals surface area contributed by atoms with Crippen molar-refractivity contribution in [2.75, 3.05) is 18.0 Å². The molecule has 4 nitrogen and oxygen atoms in total. The number of hydrogen-bond acceptors (Lipinski definition) is 3. The van der Waals surface area contributed by atoms with Crippen LogP contribution in [0.3, 0.4) is 0 Å². The predicted molar refractivity (Wildman–Crippen MR) is 130 cm³/mol. The molecule has 0 aliphatic heterocycles. The summed E-state index contributed by atoms with van der Waals surface area (Å²) in [4.78, 5) is 2.18. The fraction of sp³-hybridized carbons (Fsp3) is 0.160. The SMILES string of the molecule is CCN(CC)c1ccc(-c2c(-c3ccccc3I)cnn2-c2ccccc2)c([O-])c1.[Na+]. The standard InChI is InChI=1S/C25H24IN3O.Na/c1-3-28(4-2)19-14-15-21(24(30)16-19)25-22(20-12-8-9-13-23(20)26)17-27-29(25)18-10-6-5-7-11-18;/h5-17,30H,3-4H2,1-2H3;/q;+1/p-1. The van der Waals surface area contributed by atoms with E-state index in [1.807, 2.05) is 65.5 Å².